The smallest absolute Gasteiger partial charge is 0.0654 e. The topological polar surface area (TPSA) is 27.3 Å². The summed E-state index contributed by atoms with van der Waals surface area (Å²) in [6.45, 7) is 7.74. The molecule has 0 amide bonds. The van der Waals surface area contributed by atoms with Gasteiger partial charge >= 0.3 is 0 Å². The van der Waals surface area contributed by atoms with Crippen molar-refractivity contribution < 1.29 is 0 Å². The molecule has 3 unspecified atom stereocenters. The molecule has 3 atom stereocenters. The van der Waals surface area contributed by atoms with Crippen LogP contribution >= 0.6 is 0 Å². The average Bonchev–Trinajstić information content (AvgIpc) is 2.81. The molecule has 3 nitrogen and oxygen atoms in total. The maximum absolute atomic E-state index is 4.19. The number of hydrogen-bond donors (Lipinski definition) is 2. The predicted octanol–water partition coefficient (Wildman–Crippen LogP) is 1.28. The van der Waals surface area contributed by atoms with E-state index >= 15 is 0 Å². The highest BCUT2D eigenvalue weighted by atomic mass is 15.3. The number of rotatable bonds is 1. The molecule has 0 radical (unpaired) electrons. The summed E-state index contributed by atoms with van der Waals surface area (Å²) in [6.07, 6.45) is 7.08. The second-order valence-corrected chi connectivity index (χ2v) is 5.54. The molecule has 2 N–H and O–H groups in total. The molecular formula is C13H23N3. The van der Waals surface area contributed by atoms with Crippen LogP contribution in [0.4, 0.5) is 0 Å². The zero-order valence-electron chi connectivity index (χ0n) is 10.0. The van der Waals surface area contributed by atoms with Crippen LogP contribution < -0.4 is 10.6 Å². The minimum Gasteiger partial charge on any atom is -0.301 e. The van der Waals surface area contributed by atoms with Gasteiger partial charge in [0.15, 0.2) is 0 Å². The molecule has 0 aromatic carbocycles. The summed E-state index contributed by atoms with van der Waals surface area (Å²) in [7, 11) is 0. The Bertz CT molecular complexity index is 270. The van der Waals surface area contributed by atoms with Crippen LogP contribution in [0.5, 0.6) is 0 Å². The van der Waals surface area contributed by atoms with Crippen molar-refractivity contribution in [3.63, 3.8) is 0 Å². The number of fused-ring (bicyclic) bond motifs is 1. The summed E-state index contributed by atoms with van der Waals surface area (Å²) in [4.78, 5) is 2.65. The van der Waals surface area contributed by atoms with Gasteiger partial charge in [0, 0.05) is 18.6 Å². The molecule has 0 aromatic heterocycles. The Kier molecular flexibility index (Phi) is 3.01. The Hall–Kier alpha value is -0.380. The van der Waals surface area contributed by atoms with Crippen molar-refractivity contribution in [3.8, 4) is 0 Å². The molecule has 16 heavy (non-hydrogen) atoms. The second-order valence-electron chi connectivity index (χ2n) is 5.54. The molecule has 3 aliphatic rings. The van der Waals surface area contributed by atoms with Crippen LogP contribution in [0, 0.1) is 5.92 Å². The number of allylic oxidation sites excluding steroid dienone is 1. The zero-order valence-corrected chi connectivity index (χ0v) is 10.0. The fraction of sp³-hybridized carbons (Fsp3) is 0.846. The van der Waals surface area contributed by atoms with Crippen molar-refractivity contribution in [2.45, 2.75) is 44.3 Å². The van der Waals surface area contributed by atoms with Gasteiger partial charge in [0.1, 0.15) is 0 Å². The number of nitrogens with one attached hydrogen (secondary N) is 2. The molecule has 1 saturated carbocycles. The number of hydrogen-bond acceptors (Lipinski definition) is 3. The van der Waals surface area contributed by atoms with Gasteiger partial charge in [-0.1, -0.05) is 12.2 Å². The first-order valence-corrected chi connectivity index (χ1v) is 6.72. The number of nitrogens with zero attached hydrogens (tertiary/aromatic N) is 1. The maximum atomic E-state index is 4.19. The lowest BCUT2D eigenvalue weighted by Gasteiger charge is -2.46. The highest BCUT2D eigenvalue weighted by Crippen LogP contribution is 2.33. The molecular weight excluding hydrogens is 198 g/mol. The van der Waals surface area contributed by atoms with Gasteiger partial charge in [-0.2, -0.15) is 0 Å². The quantitative estimate of drug-likeness (QED) is 0.653. The Morgan fingerprint density at radius 2 is 2.00 bits per heavy atom. The first kappa shape index (κ1) is 10.8. The Labute approximate surface area is 98.3 Å². The highest BCUT2D eigenvalue weighted by Gasteiger charge is 2.38. The molecule has 2 heterocycles. The molecule has 0 spiro atoms. The third kappa shape index (κ3) is 1.92. The van der Waals surface area contributed by atoms with Gasteiger partial charge in [-0.3, -0.25) is 10.2 Å². The molecule has 2 saturated heterocycles. The van der Waals surface area contributed by atoms with E-state index in [-0.39, 0.29) is 0 Å². The molecule has 0 aromatic rings. The van der Waals surface area contributed by atoms with Gasteiger partial charge in [0.05, 0.1) is 6.17 Å². The van der Waals surface area contributed by atoms with E-state index in [1.54, 1.807) is 0 Å². The third-order valence-corrected chi connectivity index (χ3v) is 4.47. The van der Waals surface area contributed by atoms with E-state index in [4.69, 9.17) is 0 Å². The second kappa shape index (κ2) is 4.47. The SMILES string of the molecule is C=C1CCC2NCNC(N3CCCC3)C2C1. The summed E-state index contributed by atoms with van der Waals surface area (Å²) in [5.41, 5.74) is 1.45. The molecule has 90 valence electrons. The largest absolute Gasteiger partial charge is 0.301 e. The lowest BCUT2D eigenvalue weighted by molar-refractivity contribution is 0.0668. The maximum Gasteiger partial charge on any atom is 0.0654 e. The lowest BCUT2D eigenvalue weighted by atomic mass is 9.79. The van der Waals surface area contributed by atoms with Gasteiger partial charge in [-0.15, -0.1) is 0 Å². The van der Waals surface area contributed by atoms with Gasteiger partial charge in [0.2, 0.25) is 0 Å². The monoisotopic (exact) mass is 221 g/mol. The van der Waals surface area contributed by atoms with Crippen molar-refractivity contribution in [2.24, 2.45) is 5.92 Å². The summed E-state index contributed by atoms with van der Waals surface area (Å²) in [6, 6.07) is 0.720. The predicted molar refractivity (Wildman–Crippen MR) is 66.0 cm³/mol. The summed E-state index contributed by atoms with van der Waals surface area (Å²) in [5.74, 6) is 0.744. The fourth-order valence-corrected chi connectivity index (χ4v) is 3.60. The standard InChI is InChI=1S/C13H23N3/c1-10-4-5-12-11(8-10)13(15-9-14-12)16-6-2-3-7-16/h11-15H,1-9H2. The Morgan fingerprint density at radius 1 is 1.19 bits per heavy atom. The van der Waals surface area contributed by atoms with Crippen LogP contribution in [0.3, 0.4) is 0 Å². The van der Waals surface area contributed by atoms with E-state index in [9.17, 15) is 0 Å². The Morgan fingerprint density at radius 3 is 2.81 bits per heavy atom. The van der Waals surface area contributed by atoms with Crippen LogP contribution in [-0.4, -0.2) is 36.9 Å². The average molecular weight is 221 g/mol. The van der Waals surface area contributed by atoms with Crippen LogP contribution in [-0.2, 0) is 0 Å². The van der Waals surface area contributed by atoms with Gasteiger partial charge < -0.3 is 5.32 Å². The number of likely N-dealkylation sites (tertiary alicyclic amines) is 1. The van der Waals surface area contributed by atoms with E-state index in [1.807, 2.05) is 0 Å². The minimum atomic E-state index is 0.603. The zero-order chi connectivity index (χ0) is 11.0. The van der Waals surface area contributed by atoms with Crippen molar-refractivity contribution in [2.75, 3.05) is 19.8 Å². The molecule has 0 bridgehead atoms. The minimum absolute atomic E-state index is 0.603. The first-order chi connectivity index (χ1) is 7.84. The van der Waals surface area contributed by atoms with E-state index in [0.717, 1.165) is 18.6 Å². The Balaban J connectivity index is 1.73. The van der Waals surface area contributed by atoms with Crippen LogP contribution in [0.15, 0.2) is 12.2 Å². The highest BCUT2D eigenvalue weighted by molar-refractivity contribution is 5.07. The van der Waals surface area contributed by atoms with Crippen molar-refractivity contribution in [3.05, 3.63) is 12.2 Å². The first-order valence-electron chi connectivity index (χ1n) is 6.72. The summed E-state index contributed by atoms with van der Waals surface area (Å²) < 4.78 is 0. The lowest BCUT2D eigenvalue weighted by Crippen LogP contribution is -2.63. The molecule has 2 aliphatic heterocycles. The van der Waals surface area contributed by atoms with Gasteiger partial charge in [-0.25, -0.2) is 0 Å². The van der Waals surface area contributed by atoms with E-state index in [0.29, 0.717) is 6.17 Å². The van der Waals surface area contributed by atoms with Crippen molar-refractivity contribution >= 4 is 0 Å². The van der Waals surface area contributed by atoms with Gasteiger partial charge in [0.25, 0.3) is 0 Å². The third-order valence-electron chi connectivity index (χ3n) is 4.47. The van der Waals surface area contributed by atoms with Crippen molar-refractivity contribution in [1.82, 2.24) is 15.5 Å². The molecule has 3 heteroatoms. The van der Waals surface area contributed by atoms with Crippen molar-refractivity contribution in [1.29, 1.82) is 0 Å². The summed E-state index contributed by atoms with van der Waals surface area (Å²) >= 11 is 0. The van der Waals surface area contributed by atoms with E-state index in [1.165, 1.54) is 50.8 Å². The molecule has 1 aliphatic carbocycles. The van der Waals surface area contributed by atoms with E-state index in [2.05, 4.69) is 22.1 Å². The summed E-state index contributed by atoms with van der Waals surface area (Å²) in [5, 5.41) is 7.27. The normalized spacial score (nSPS) is 41.0. The van der Waals surface area contributed by atoms with Gasteiger partial charge in [-0.05, 0) is 45.2 Å². The van der Waals surface area contributed by atoms with Crippen LogP contribution in [0.25, 0.3) is 0 Å². The molecule has 3 fully saturated rings. The van der Waals surface area contributed by atoms with Crippen LogP contribution in [0.2, 0.25) is 0 Å². The van der Waals surface area contributed by atoms with Crippen LogP contribution in [0.1, 0.15) is 32.1 Å². The van der Waals surface area contributed by atoms with E-state index < -0.39 is 0 Å². The fourth-order valence-electron chi connectivity index (χ4n) is 3.60. The molecule has 3 rings (SSSR count).